The topological polar surface area (TPSA) is 143 Å². The highest BCUT2D eigenvalue weighted by Crippen LogP contribution is 2.48. The van der Waals surface area contributed by atoms with E-state index in [9.17, 15) is 14.9 Å². The molecule has 2 aromatic carbocycles. The standard InChI is InChI=1S/C37H40F2N6O6S/c1-8-52-33-41-30-27(31(42-33)45-18-9-10-19(45)15-44(14-18)35(47)51-37(5,6)7)22-17-48-16-21(22)26(29(30)39)28-23(38)11-12-24-25(28)20(13-40)32(49-24)43-34(46)50-36(2,3)4/h11-12,18-19H,8-10,14-17H2,1-7H3,(H,43,46). The SMILES string of the molecule is CCSc1nc(N2C3CCC2CN(C(=O)OC(C)(C)C)C3)c2c3c(c(-c4c(F)ccc5oc(NC(=O)OC(C)(C)C)c(C#N)c45)c(F)c2n1)COC3. The lowest BCUT2D eigenvalue weighted by atomic mass is 9.90. The molecule has 2 fully saturated rings. The maximum atomic E-state index is 17.4. The van der Waals surface area contributed by atoms with Crippen LogP contribution in [0.2, 0.25) is 0 Å². The molecule has 15 heteroatoms. The summed E-state index contributed by atoms with van der Waals surface area (Å²) in [6, 6.07) is 4.27. The van der Waals surface area contributed by atoms with E-state index in [1.54, 1.807) is 25.7 Å². The van der Waals surface area contributed by atoms with Gasteiger partial charge in [0.15, 0.2) is 11.0 Å². The van der Waals surface area contributed by atoms with Crippen LogP contribution in [0.5, 0.6) is 0 Å². The monoisotopic (exact) mass is 734 g/mol. The molecule has 3 aliphatic heterocycles. The molecule has 2 saturated heterocycles. The van der Waals surface area contributed by atoms with E-state index in [1.807, 2.05) is 33.8 Å². The van der Waals surface area contributed by atoms with E-state index in [-0.39, 0.29) is 70.5 Å². The largest absolute Gasteiger partial charge is 0.444 e. The first kappa shape index (κ1) is 35.7. The minimum absolute atomic E-state index is 0.000295. The normalized spacial score (nSPS) is 18.5. The molecule has 0 aliphatic carbocycles. The van der Waals surface area contributed by atoms with Crippen molar-refractivity contribution in [2.24, 2.45) is 0 Å². The highest BCUT2D eigenvalue weighted by atomic mass is 32.2. The second-order valence-electron chi connectivity index (χ2n) is 15.1. The molecule has 7 rings (SSSR count). The molecule has 2 unspecified atom stereocenters. The van der Waals surface area contributed by atoms with Gasteiger partial charge in [-0.2, -0.15) is 5.26 Å². The summed E-state index contributed by atoms with van der Waals surface area (Å²) in [5.41, 5.74) is -0.870. The lowest BCUT2D eigenvalue weighted by Gasteiger charge is -2.42. The first-order valence-corrected chi connectivity index (χ1v) is 18.2. The number of anilines is 2. The fraction of sp³-hybridized carbons (Fsp3) is 0.486. The van der Waals surface area contributed by atoms with E-state index in [0.29, 0.717) is 46.3 Å². The van der Waals surface area contributed by atoms with Crippen molar-refractivity contribution in [2.75, 3.05) is 29.1 Å². The van der Waals surface area contributed by atoms with E-state index in [4.69, 9.17) is 28.6 Å². The third-order valence-electron chi connectivity index (χ3n) is 9.19. The molecule has 2 amide bonds. The molecule has 2 aromatic heterocycles. The molecule has 2 bridgehead atoms. The molecule has 4 aromatic rings. The summed E-state index contributed by atoms with van der Waals surface area (Å²) < 4.78 is 56.4. The van der Waals surface area contributed by atoms with Crippen LogP contribution in [-0.2, 0) is 27.4 Å². The average molecular weight is 735 g/mol. The zero-order chi connectivity index (χ0) is 37.3. The number of likely N-dealkylation sites (tertiary alicyclic amines) is 1. The maximum Gasteiger partial charge on any atom is 0.414 e. The number of furan rings is 1. The van der Waals surface area contributed by atoms with Crippen LogP contribution in [0.25, 0.3) is 33.0 Å². The van der Waals surface area contributed by atoms with E-state index in [1.165, 1.54) is 17.8 Å². The van der Waals surface area contributed by atoms with Crippen molar-refractivity contribution in [3.05, 3.63) is 40.5 Å². The van der Waals surface area contributed by atoms with Gasteiger partial charge < -0.3 is 28.4 Å². The van der Waals surface area contributed by atoms with Crippen LogP contribution in [-0.4, -0.2) is 69.2 Å². The van der Waals surface area contributed by atoms with Gasteiger partial charge in [0.2, 0.25) is 5.88 Å². The Labute approximate surface area is 303 Å². The number of hydrogen-bond acceptors (Lipinski definition) is 11. The molecule has 12 nitrogen and oxygen atoms in total. The van der Waals surface area contributed by atoms with Crippen molar-refractivity contribution >= 4 is 57.5 Å². The number of rotatable bonds is 5. The number of nitrogens with one attached hydrogen (secondary N) is 1. The van der Waals surface area contributed by atoms with E-state index < -0.39 is 28.9 Å². The number of amides is 2. The van der Waals surface area contributed by atoms with Crippen molar-refractivity contribution in [3.63, 3.8) is 0 Å². The molecule has 0 radical (unpaired) electrons. The Balaban J connectivity index is 1.40. The van der Waals surface area contributed by atoms with Crippen LogP contribution in [0.1, 0.15) is 78.0 Å². The van der Waals surface area contributed by atoms with Gasteiger partial charge in [-0.15, -0.1) is 0 Å². The van der Waals surface area contributed by atoms with Gasteiger partial charge in [0, 0.05) is 36.3 Å². The van der Waals surface area contributed by atoms with Crippen LogP contribution >= 0.6 is 11.8 Å². The first-order valence-electron chi connectivity index (χ1n) is 17.3. The fourth-order valence-electron chi connectivity index (χ4n) is 7.36. The van der Waals surface area contributed by atoms with Gasteiger partial charge in [0.05, 0.1) is 24.0 Å². The molecule has 0 spiro atoms. The predicted molar refractivity (Wildman–Crippen MR) is 191 cm³/mol. The summed E-state index contributed by atoms with van der Waals surface area (Å²) in [5, 5.41) is 13.6. The summed E-state index contributed by atoms with van der Waals surface area (Å²) in [7, 11) is 0. The Hall–Kier alpha value is -4.68. The number of thioether (sulfide) groups is 1. The fourth-order valence-corrected chi connectivity index (χ4v) is 7.92. The van der Waals surface area contributed by atoms with Gasteiger partial charge >= 0.3 is 12.2 Å². The number of carbonyl (C=O) groups excluding carboxylic acids is 2. The van der Waals surface area contributed by atoms with E-state index in [0.717, 1.165) is 18.9 Å². The van der Waals surface area contributed by atoms with Gasteiger partial charge in [0.25, 0.3) is 0 Å². The van der Waals surface area contributed by atoms with Crippen molar-refractivity contribution in [3.8, 4) is 17.2 Å². The molecule has 52 heavy (non-hydrogen) atoms. The first-order chi connectivity index (χ1) is 24.6. The summed E-state index contributed by atoms with van der Waals surface area (Å²) in [5.74, 6) is -0.671. The van der Waals surface area contributed by atoms with Crippen LogP contribution < -0.4 is 10.2 Å². The van der Waals surface area contributed by atoms with Crippen LogP contribution in [0.4, 0.5) is 30.1 Å². The number of hydrogen-bond donors (Lipinski definition) is 1. The second-order valence-corrected chi connectivity index (χ2v) is 16.4. The lowest BCUT2D eigenvalue weighted by molar-refractivity contribution is 0.0209. The van der Waals surface area contributed by atoms with Gasteiger partial charge in [0.1, 0.15) is 45.6 Å². The van der Waals surface area contributed by atoms with Crippen LogP contribution in [0, 0.1) is 23.0 Å². The Bertz CT molecular complexity index is 2160. The predicted octanol–water partition coefficient (Wildman–Crippen LogP) is 8.27. The molecule has 5 heterocycles. The number of carbonyl (C=O) groups is 2. The maximum absolute atomic E-state index is 17.4. The molecule has 2 atom stereocenters. The van der Waals surface area contributed by atoms with E-state index >= 15 is 8.78 Å². The highest BCUT2D eigenvalue weighted by Gasteiger charge is 2.45. The van der Waals surface area contributed by atoms with Crippen LogP contribution in [0.3, 0.4) is 0 Å². The van der Waals surface area contributed by atoms with E-state index in [2.05, 4.69) is 10.2 Å². The Morgan fingerprint density at radius 1 is 1.00 bits per heavy atom. The van der Waals surface area contributed by atoms with Gasteiger partial charge in [-0.1, -0.05) is 18.7 Å². The quantitative estimate of drug-likeness (QED) is 0.156. The van der Waals surface area contributed by atoms with Crippen molar-refractivity contribution in [1.29, 1.82) is 5.26 Å². The number of nitriles is 1. The summed E-state index contributed by atoms with van der Waals surface area (Å²) in [6.07, 6.45) is 0.354. The second kappa shape index (κ2) is 13.1. The Kier molecular flexibility index (Phi) is 8.98. The smallest absolute Gasteiger partial charge is 0.414 e. The summed E-state index contributed by atoms with van der Waals surface area (Å²) >= 11 is 1.36. The van der Waals surface area contributed by atoms with Crippen molar-refractivity contribution in [2.45, 2.75) is 103 Å². The van der Waals surface area contributed by atoms with Crippen LogP contribution in [0.15, 0.2) is 21.7 Å². The lowest BCUT2D eigenvalue weighted by Crippen LogP contribution is -2.56. The summed E-state index contributed by atoms with van der Waals surface area (Å²) in [6.45, 7) is 13.4. The molecule has 274 valence electrons. The summed E-state index contributed by atoms with van der Waals surface area (Å²) in [4.78, 5) is 39.3. The average Bonchev–Trinajstić information content (AvgIpc) is 3.73. The molecule has 1 N–H and O–H groups in total. The van der Waals surface area contributed by atoms with Gasteiger partial charge in [-0.25, -0.2) is 28.3 Å². The molecule has 0 saturated carbocycles. The highest BCUT2D eigenvalue weighted by molar-refractivity contribution is 7.99. The molecular weight excluding hydrogens is 695 g/mol. The van der Waals surface area contributed by atoms with Crippen molar-refractivity contribution < 1.29 is 37.0 Å². The Morgan fingerprint density at radius 3 is 2.31 bits per heavy atom. The third-order valence-corrected chi connectivity index (χ3v) is 9.92. The molecule has 3 aliphatic rings. The minimum atomic E-state index is -0.873. The Morgan fingerprint density at radius 2 is 1.67 bits per heavy atom. The number of ether oxygens (including phenoxy) is 3. The minimum Gasteiger partial charge on any atom is -0.444 e. The number of benzene rings is 2. The number of nitrogens with zero attached hydrogens (tertiary/aromatic N) is 5. The number of aromatic nitrogens is 2. The number of halogens is 2. The molecular formula is C37H40F2N6O6S. The third kappa shape index (κ3) is 6.36. The van der Waals surface area contributed by atoms with Gasteiger partial charge in [-0.05, 0) is 83.4 Å². The van der Waals surface area contributed by atoms with Gasteiger partial charge in [-0.3, -0.25) is 5.32 Å². The van der Waals surface area contributed by atoms with Crippen molar-refractivity contribution in [1.82, 2.24) is 14.9 Å². The zero-order valence-electron chi connectivity index (χ0n) is 30.1. The number of fused-ring (bicyclic) bond motifs is 6. The number of piperazine rings is 1. The zero-order valence-corrected chi connectivity index (χ0v) is 30.9.